The molecule has 0 radical (unpaired) electrons. The van der Waals surface area contributed by atoms with Gasteiger partial charge in [-0.2, -0.15) is 0 Å². The number of amides is 1. The molecular weight excluding hydrogens is 262 g/mol. The summed E-state index contributed by atoms with van der Waals surface area (Å²) in [7, 11) is 0. The number of hydrogen-bond acceptors (Lipinski definition) is 5. The number of rotatable bonds is 5. The Bertz CT molecular complexity index is 573. The van der Waals surface area contributed by atoms with Crippen molar-refractivity contribution in [2.75, 3.05) is 13.2 Å². The molecule has 1 heterocycles. The quantitative estimate of drug-likeness (QED) is 0.577. The average Bonchev–Trinajstić information content (AvgIpc) is 3.21. The Morgan fingerprint density at radius 1 is 1.45 bits per heavy atom. The second kappa shape index (κ2) is 5.34. The van der Waals surface area contributed by atoms with E-state index in [2.05, 4.69) is 15.3 Å². The Morgan fingerprint density at radius 2 is 2.05 bits per heavy atom. The van der Waals surface area contributed by atoms with E-state index < -0.39 is 30.2 Å². The highest BCUT2D eigenvalue weighted by atomic mass is 16.3. The minimum absolute atomic E-state index is 0.0810. The summed E-state index contributed by atoms with van der Waals surface area (Å²) in [4.78, 5) is 31.0. The smallest absolute Gasteiger partial charge is 0.264 e. The molecule has 2 rings (SSSR count). The van der Waals surface area contributed by atoms with Gasteiger partial charge in [0.2, 0.25) is 0 Å². The van der Waals surface area contributed by atoms with E-state index >= 15 is 0 Å². The fourth-order valence-corrected chi connectivity index (χ4v) is 1.89. The molecule has 1 saturated carbocycles. The first-order valence-corrected chi connectivity index (χ1v) is 6.55. The molecule has 0 atom stereocenters. The topological polar surface area (TPSA) is 115 Å². The molecule has 20 heavy (non-hydrogen) atoms. The SMILES string of the molecule is Cc1nc(C2CC2)[nH]c(=O)c1C(=O)NC(C)(CO)CO. The zero-order chi connectivity index (χ0) is 14.9. The van der Waals surface area contributed by atoms with Crippen molar-refractivity contribution >= 4 is 5.91 Å². The molecule has 7 nitrogen and oxygen atoms in total. The zero-order valence-electron chi connectivity index (χ0n) is 11.6. The van der Waals surface area contributed by atoms with Gasteiger partial charge >= 0.3 is 0 Å². The van der Waals surface area contributed by atoms with Crippen LogP contribution in [0.1, 0.15) is 47.6 Å². The third-order valence-electron chi connectivity index (χ3n) is 3.42. The Morgan fingerprint density at radius 3 is 2.50 bits per heavy atom. The summed E-state index contributed by atoms with van der Waals surface area (Å²) < 4.78 is 0. The van der Waals surface area contributed by atoms with Crippen LogP contribution in [0.5, 0.6) is 0 Å². The van der Waals surface area contributed by atoms with Gasteiger partial charge < -0.3 is 20.5 Å². The minimum Gasteiger partial charge on any atom is -0.394 e. The van der Waals surface area contributed by atoms with Crippen molar-refractivity contribution in [1.29, 1.82) is 0 Å². The fraction of sp³-hybridized carbons (Fsp3) is 0.615. The van der Waals surface area contributed by atoms with E-state index in [4.69, 9.17) is 10.2 Å². The lowest BCUT2D eigenvalue weighted by molar-refractivity contribution is 0.0721. The molecule has 1 aliphatic carbocycles. The lowest BCUT2D eigenvalue weighted by atomic mass is 10.0. The summed E-state index contributed by atoms with van der Waals surface area (Å²) in [6.07, 6.45) is 2.00. The Labute approximate surface area is 116 Å². The van der Waals surface area contributed by atoms with E-state index in [1.165, 1.54) is 6.92 Å². The standard InChI is InChI=1S/C13H19N3O4/c1-7-9(12(20)16-13(2,5-17)6-18)11(19)15-10(14-7)8-3-4-8/h8,17-18H,3-6H2,1-2H3,(H,16,20)(H,14,15,19). The maximum absolute atomic E-state index is 12.1. The molecule has 1 fully saturated rings. The van der Waals surface area contributed by atoms with Crippen LogP contribution in [-0.2, 0) is 0 Å². The highest BCUT2D eigenvalue weighted by Crippen LogP contribution is 2.37. The predicted octanol–water partition coefficient (Wildman–Crippen LogP) is -0.571. The fourth-order valence-electron chi connectivity index (χ4n) is 1.89. The van der Waals surface area contributed by atoms with Gasteiger partial charge in [-0.3, -0.25) is 9.59 Å². The van der Waals surface area contributed by atoms with Gasteiger partial charge in [-0.15, -0.1) is 0 Å². The first-order valence-electron chi connectivity index (χ1n) is 6.55. The number of carbonyl (C=O) groups excluding carboxylic acids is 1. The largest absolute Gasteiger partial charge is 0.394 e. The molecule has 0 unspecified atom stereocenters. The summed E-state index contributed by atoms with van der Waals surface area (Å²) in [5.74, 6) is 0.263. The first-order chi connectivity index (χ1) is 9.40. The van der Waals surface area contributed by atoms with Gasteiger partial charge in [0, 0.05) is 5.92 Å². The van der Waals surface area contributed by atoms with Crippen LogP contribution in [0, 0.1) is 6.92 Å². The number of H-pyrrole nitrogens is 1. The normalized spacial score (nSPS) is 15.2. The van der Waals surface area contributed by atoms with E-state index in [0.717, 1.165) is 12.8 Å². The highest BCUT2D eigenvalue weighted by Gasteiger charge is 2.30. The summed E-state index contributed by atoms with van der Waals surface area (Å²) in [5.41, 5.74) is -1.39. The molecule has 110 valence electrons. The number of aromatic amines is 1. The minimum atomic E-state index is -1.18. The lowest BCUT2D eigenvalue weighted by Crippen LogP contribution is -2.52. The van der Waals surface area contributed by atoms with Crippen LogP contribution in [-0.4, -0.2) is 44.8 Å². The van der Waals surface area contributed by atoms with Gasteiger partial charge in [0.15, 0.2) is 0 Å². The number of hydrogen-bond donors (Lipinski definition) is 4. The summed E-state index contributed by atoms with van der Waals surface area (Å²) in [5, 5.41) is 20.8. The number of aliphatic hydroxyl groups is 2. The van der Waals surface area contributed by atoms with Crippen LogP contribution in [0.2, 0.25) is 0 Å². The molecule has 0 aromatic carbocycles. The van der Waals surface area contributed by atoms with E-state index in [1.54, 1.807) is 6.92 Å². The number of nitrogens with zero attached hydrogens (tertiary/aromatic N) is 1. The molecule has 0 bridgehead atoms. The maximum Gasteiger partial charge on any atom is 0.264 e. The van der Waals surface area contributed by atoms with Gasteiger partial charge in [-0.25, -0.2) is 4.98 Å². The van der Waals surface area contributed by atoms with Crippen molar-refractivity contribution in [2.24, 2.45) is 0 Å². The third kappa shape index (κ3) is 2.88. The van der Waals surface area contributed by atoms with E-state index in [-0.39, 0.29) is 5.56 Å². The van der Waals surface area contributed by atoms with Crippen LogP contribution < -0.4 is 10.9 Å². The van der Waals surface area contributed by atoms with Crippen LogP contribution in [0.15, 0.2) is 4.79 Å². The second-order valence-corrected chi connectivity index (χ2v) is 5.52. The van der Waals surface area contributed by atoms with Crippen molar-refractivity contribution in [3.8, 4) is 0 Å². The van der Waals surface area contributed by atoms with Crippen LogP contribution in [0.4, 0.5) is 0 Å². The second-order valence-electron chi connectivity index (χ2n) is 5.52. The zero-order valence-corrected chi connectivity index (χ0v) is 11.6. The monoisotopic (exact) mass is 281 g/mol. The van der Waals surface area contributed by atoms with E-state index in [1.807, 2.05) is 0 Å². The van der Waals surface area contributed by atoms with Crippen molar-refractivity contribution in [2.45, 2.75) is 38.1 Å². The Hall–Kier alpha value is -1.73. The van der Waals surface area contributed by atoms with E-state index in [0.29, 0.717) is 17.4 Å². The van der Waals surface area contributed by atoms with Gasteiger partial charge in [0.05, 0.1) is 24.4 Å². The molecule has 1 aliphatic rings. The molecule has 1 aromatic rings. The summed E-state index contributed by atoms with van der Waals surface area (Å²) >= 11 is 0. The lowest BCUT2D eigenvalue weighted by Gasteiger charge is -2.26. The predicted molar refractivity (Wildman–Crippen MR) is 71.6 cm³/mol. The van der Waals surface area contributed by atoms with Crippen molar-refractivity contribution in [3.63, 3.8) is 0 Å². The Balaban J connectivity index is 2.28. The third-order valence-corrected chi connectivity index (χ3v) is 3.42. The number of aliphatic hydroxyl groups excluding tert-OH is 2. The van der Waals surface area contributed by atoms with Crippen LogP contribution >= 0.6 is 0 Å². The number of carbonyl (C=O) groups is 1. The molecule has 4 N–H and O–H groups in total. The molecule has 0 saturated heterocycles. The number of aromatic nitrogens is 2. The van der Waals surface area contributed by atoms with Gasteiger partial charge in [0.25, 0.3) is 11.5 Å². The molecule has 0 aliphatic heterocycles. The van der Waals surface area contributed by atoms with Gasteiger partial charge in [0.1, 0.15) is 11.4 Å². The van der Waals surface area contributed by atoms with E-state index in [9.17, 15) is 9.59 Å². The van der Waals surface area contributed by atoms with Gasteiger partial charge in [-0.1, -0.05) is 0 Å². The molecular formula is C13H19N3O4. The van der Waals surface area contributed by atoms with Crippen LogP contribution in [0.25, 0.3) is 0 Å². The van der Waals surface area contributed by atoms with Crippen LogP contribution in [0.3, 0.4) is 0 Å². The molecule has 7 heteroatoms. The maximum atomic E-state index is 12.1. The van der Waals surface area contributed by atoms with Crippen molar-refractivity contribution in [1.82, 2.24) is 15.3 Å². The summed E-state index contributed by atoms with van der Waals surface area (Å²) in [6.45, 7) is 2.23. The first kappa shape index (κ1) is 14.7. The highest BCUT2D eigenvalue weighted by molar-refractivity contribution is 5.95. The van der Waals surface area contributed by atoms with Crippen molar-refractivity contribution < 1.29 is 15.0 Å². The average molecular weight is 281 g/mol. The summed E-state index contributed by atoms with van der Waals surface area (Å²) in [6, 6.07) is 0. The number of nitrogens with one attached hydrogen (secondary N) is 2. The number of aryl methyl sites for hydroxylation is 1. The molecule has 0 spiro atoms. The Kier molecular flexibility index (Phi) is 3.92. The van der Waals surface area contributed by atoms with Gasteiger partial charge in [-0.05, 0) is 26.7 Å². The van der Waals surface area contributed by atoms with Crippen molar-refractivity contribution in [3.05, 3.63) is 27.4 Å². The molecule has 1 amide bonds. The molecule has 1 aromatic heterocycles.